The van der Waals surface area contributed by atoms with Crippen molar-refractivity contribution < 1.29 is 9.53 Å². The van der Waals surface area contributed by atoms with Crippen molar-refractivity contribution in [3.63, 3.8) is 0 Å². The van der Waals surface area contributed by atoms with E-state index < -0.39 is 0 Å². The van der Waals surface area contributed by atoms with E-state index in [1.54, 1.807) is 0 Å². The van der Waals surface area contributed by atoms with Crippen LogP contribution in [0.3, 0.4) is 0 Å². The van der Waals surface area contributed by atoms with Crippen LogP contribution in [0.25, 0.3) is 0 Å². The fourth-order valence-electron chi connectivity index (χ4n) is 3.92. The van der Waals surface area contributed by atoms with E-state index in [-0.39, 0.29) is 24.1 Å². The van der Waals surface area contributed by atoms with Gasteiger partial charge >= 0.3 is 0 Å². The lowest BCUT2D eigenvalue weighted by molar-refractivity contribution is -0.127. The fourth-order valence-corrected chi connectivity index (χ4v) is 3.92. The van der Waals surface area contributed by atoms with E-state index in [2.05, 4.69) is 17.3 Å². The van der Waals surface area contributed by atoms with Gasteiger partial charge in [0.1, 0.15) is 0 Å². The zero-order valence-electron chi connectivity index (χ0n) is 14.6. The summed E-state index contributed by atoms with van der Waals surface area (Å²) in [4.78, 5) is 14.1. The summed E-state index contributed by atoms with van der Waals surface area (Å²) in [5.41, 5.74) is 3.33. The molecule has 1 aromatic heterocycles. The number of ether oxygens (including phenoxy) is 1. The molecule has 0 bridgehead atoms. The number of aromatic nitrogens is 2. The Hall–Kier alpha value is -1.40. The summed E-state index contributed by atoms with van der Waals surface area (Å²) in [6, 6.07) is 0.180. The first-order chi connectivity index (χ1) is 11.0. The van der Waals surface area contributed by atoms with Gasteiger partial charge in [0.05, 0.1) is 17.8 Å². The SMILES string of the molecule is Cc1nn(C)c(C)c1[C@H]1[C@H](NCC2CCCCO2)CC(=O)N1C. The summed E-state index contributed by atoms with van der Waals surface area (Å²) in [6.07, 6.45) is 4.33. The van der Waals surface area contributed by atoms with E-state index in [0.29, 0.717) is 6.42 Å². The highest BCUT2D eigenvalue weighted by Crippen LogP contribution is 2.35. The van der Waals surface area contributed by atoms with Gasteiger partial charge in [-0.3, -0.25) is 9.48 Å². The van der Waals surface area contributed by atoms with E-state index >= 15 is 0 Å². The van der Waals surface area contributed by atoms with Crippen LogP contribution in [0.2, 0.25) is 0 Å². The number of likely N-dealkylation sites (tertiary alicyclic amines) is 1. The smallest absolute Gasteiger partial charge is 0.224 e. The molecule has 2 aliphatic rings. The maximum Gasteiger partial charge on any atom is 0.224 e. The molecule has 0 radical (unpaired) electrons. The summed E-state index contributed by atoms with van der Waals surface area (Å²) in [5, 5.41) is 8.13. The standard InChI is InChI=1S/C17H28N4O2/c1-11-16(12(2)21(4)19-11)17-14(9-15(22)20(17)3)18-10-13-7-5-6-8-23-13/h13-14,17-18H,5-10H2,1-4H3/t13?,14-,17-/m1/s1. The molecule has 23 heavy (non-hydrogen) atoms. The predicted molar refractivity (Wildman–Crippen MR) is 88.2 cm³/mol. The zero-order chi connectivity index (χ0) is 16.6. The average molecular weight is 320 g/mol. The van der Waals surface area contributed by atoms with Gasteiger partial charge in [-0.05, 0) is 33.1 Å². The Bertz CT molecular complexity index is 577. The fraction of sp³-hybridized carbons (Fsp3) is 0.765. The van der Waals surface area contributed by atoms with E-state index in [1.807, 2.05) is 30.6 Å². The van der Waals surface area contributed by atoms with E-state index in [1.165, 1.54) is 12.0 Å². The molecule has 1 amide bonds. The number of amides is 1. The molecule has 2 aliphatic heterocycles. The third-order valence-corrected chi connectivity index (χ3v) is 5.33. The van der Waals surface area contributed by atoms with Crippen molar-refractivity contribution in [3.8, 4) is 0 Å². The highest BCUT2D eigenvalue weighted by atomic mass is 16.5. The summed E-state index contributed by atoms with van der Waals surface area (Å²) in [5.74, 6) is 0.194. The lowest BCUT2D eigenvalue weighted by Crippen LogP contribution is -2.41. The largest absolute Gasteiger partial charge is 0.377 e. The minimum atomic E-state index is 0.0554. The normalized spacial score (nSPS) is 28.6. The summed E-state index contributed by atoms with van der Waals surface area (Å²) >= 11 is 0. The molecule has 2 fully saturated rings. The molecule has 0 spiro atoms. The first-order valence-corrected chi connectivity index (χ1v) is 8.59. The molecular weight excluding hydrogens is 292 g/mol. The third-order valence-electron chi connectivity index (χ3n) is 5.33. The number of likely N-dealkylation sites (N-methyl/N-ethyl adjacent to an activating group) is 1. The van der Waals surface area contributed by atoms with Crippen molar-refractivity contribution in [1.29, 1.82) is 0 Å². The Labute approximate surface area is 138 Å². The van der Waals surface area contributed by atoms with Crippen molar-refractivity contribution in [3.05, 3.63) is 17.0 Å². The predicted octanol–water partition coefficient (Wildman–Crippen LogP) is 1.47. The molecule has 0 saturated carbocycles. The van der Waals surface area contributed by atoms with Crippen LogP contribution in [0.15, 0.2) is 0 Å². The molecule has 2 saturated heterocycles. The van der Waals surface area contributed by atoms with E-state index in [0.717, 1.165) is 37.4 Å². The van der Waals surface area contributed by atoms with Crippen LogP contribution in [0.1, 0.15) is 48.7 Å². The zero-order valence-corrected chi connectivity index (χ0v) is 14.6. The summed E-state index contributed by atoms with van der Waals surface area (Å²) in [7, 11) is 3.86. The second-order valence-electron chi connectivity index (χ2n) is 6.87. The van der Waals surface area contributed by atoms with Crippen LogP contribution >= 0.6 is 0 Å². The monoisotopic (exact) mass is 320 g/mol. The number of carbonyl (C=O) groups excluding carboxylic acids is 1. The van der Waals surface area contributed by atoms with Crippen LogP contribution in [-0.4, -0.2) is 52.9 Å². The minimum absolute atomic E-state index is 0.0554. The molecule has 6 heteroatoms. The van der Waals surface area contributed by atoms with Crippen LogP contribution in [0, 0.1) is 13.8 Å². The number of nitrogens with one attached hydrogen (secondary N) is 1. The number of carbonyl (C=O) groups is 1. The number of hydrogen-bond donors (Lipinski definition) is 1. The van der Waals surface area contributed by atoms with Crippen LogP contribution in [0.4, 0.5) is 0 Å². The molecule has 3 heterocycles. The Balaban J connectivity index is 1.76. The molecule has 1 unspecified atom stereocenters. The number of rotatable bonds is 4. The summed E-state index contributed by atoms with van der Waals surface area (Å²) in [6.45, 7) is 5.79. The quantitative estimate of drug-likeness (QED) is 0.913. The highest BCUT2D eigenvalue weighted by Gasteiger charge is 2.41. The first kappa shape index (κ1) is 16.5. The van der Waals surface area contributed by atoms with Gasteiger partial charge in [0.25, 0.3) is 0 Å². The van der Waals surface area contributed by atoms with Crippen molar-refractivity contribution >= 4 is 5.91 Å². The maximum atomic E-state index is 12.3. The molecular formula is C17H28N4O2. The molecule has 3 atom stereocenters. The Kier molecular flexibility index (Phi) is 4.73. The highest BCUT2D eigenvalue weighted by molar-refractivity contribution is 5.80. The van der Waals surface area contributed by atoms with Gasteiger partial charge in [0, 0.05) is 51.0 Å². The lowest BCUT2D eigenvalue weighted by Gasteiger charge is -2.29. The van der Waals surface area contributed by atoms with Gasteiger partial charge in [0.15, 0.2) is 0 Å². The molecule has 1 aromatic rings. The molecule has 0 aromatic carbocycles. The lowest BCUT2D eigenvalue weighted by atomic mass is 9.98. The van der Waals surface area contributed by atoms with Crippen molar-refractivity contribution in [2.45, 2.75) is 57.7 Å². The number of hydrogen-bond acceptors (Lipinski definition) is 4. The van der Waals surface area contributed by atoms with Crippen LogP contribution in [-0.2, 0) is 16.6 Å². The van der Waals surface area contributed by atoms with Crippen molar-refractivity contribution in [1.82, 2.24) is 20.0 Å². The van der Waals surface area contributed by atoms with Gasteiger partial charge in [-0.1, -0.05) is 0 Å². The van der Waals surface area contributed by atoms with Crippen molar-refractivity contribution in [2.24, 2.45) is 7.05 Å². The van der Waals surface area contributed by atoms with Gasteiger partial charge in [0.2, 0.25) is 5.91 Å². The second kappa shape index (κ2) is 6.61. The molecule has 3 rings (SSSR count). The molecule has 1 N–H and O–H groups in total. The minimum Gasteiger partial charge on any atom is -0.377 e. The average Bonchev–Trinajstić information content (AvgIpc) is 2.95. The third kappa shape index (κ3) is 3.15. The van der Waals surface area contributed by atoms with E-state index in [9.17, 15) is 4.79 Å². The van der Waals surface area contributed by atoms with Crippen LogP contribution < -0.4 is 5.32 Å². The Morgan fingerprint density at radius 2 is 2.09 bits per heavy atom. The summed E-state index contributed by atoms with van der Waals surface area (Å²) < 4.78 is 7.71. The van der Waals surface area contributed by atoms with Crippen LogP contribution in [0.5, 0.6) is 0 Å². The first-order valence-electron chi connectivity index (χ1n) is 8.59. The van der Waals surface area contributed by atoms with Crippen molar-refractivity contribution in [2.75, 3.05) is 20.2 Å². The Morgan fingerprint density at radius 3 is 2.70 bits per heavy atom. The maximum absolute atomic E-state index is 12.3. The van der Waals surface area contributed by atoms with Gasteiger partial charge < -0.3 is 15.0 Å². The van der Waals surface area contributed by atoms with Gasteiger partial charge in [-0.2, -0.15) is 5.10 Å². The van der Waals surface area contributed by atoms with Gasteiger partial charge in [-0.15, -0.1) is 0 Å². The van der Waals surface area contributed by atoms with E-state index in [4.69, 9.17) is 4.74 Å². The van der Waals surface area contributed by atoms with Gasteiger partial charge in [-0.25, -0.2) is 0 Å². The molecule has 6 nitrogen and oxygen atoms in total. The number of nitrogens with zero attached hydrogens (tertiary/aromatic N) is 3. The topological polar surface area (TPSA) is 59.4 Å². The molecule has 128 valence electrons. The Morgan fingerprint density at radius 1 is 1.30 bits per heavy atom. The molecule has 0 aliphatic carbocycles. The second-order valence-corrected chi connectivity index (χ2v) is 6.87. The number of aryl methyl sites for hydroxylation is 2.